The van der Waals surface area contributed by atoms with Crippen LogP contribution < -0.4 is 0 Å². The number of hydrogen-bond donors (Lipinski definition) is 2. The summed E-state index contributed by atoms with van der Waals surface area (Å²) in [6.07, 6.45) is 0.496. The number of fused-ring (bicyclic) bond motifs is 3. The maximum Gasteiger partial charge on any atom is 0.311 e. The third kappa shape index (κ3) is 2.53. The highest BCUT2D eigenvalue weighted by atomic mass is 16.5. The van der Waals surface area contributed by atoms with E-state index in [0.29, 0.717) is 12.3 Å². The van der Waals surface area contributed by atoms with Gasteiger partial charge in [-0.25, -0.2) is 0 Å². The summed E-state index contributed by atoms with van der Waals surface area (Å²) in [5.74, 6) is -0.308. The van der Waals surface area contributed by atoms with E-state index in [4.69, 9.17) is 4.74 Å². The molecule has 0 heterocycles. The van der Waals surface area contributed by atoms with Gasteiger partial charge in [-0.1, -0.05) is 45.4 Å². The largest absolute Gasteiger partial charge is 0.469 e. The Morgan fingerprint density at radius 2 is 1.92 bits per heavy atom. The predicted octanol–water partition coefficient (Wildman–Crippen LogP) is 3.46. The molecule has 4 nitrogen and oxygen atoms in total. The lowest BCUT2D eigenvalue weighted by molar-refractivity contribution is -0.175. The molecule has 25 heavy (non-hydrogen) atoms. The highest BCUT2D eigenvalue weighted by Gasteiger charge is 2.61. The molecular formula is C21H30O4. The Morgan fingerprint density at radius 3 is 2.52 bits per heavy atom. The second-order valence-electron chi connectivity index (χ2n) is 8.59. The topological polar surface area (TPSA) is 66.8 Å². The number of carbonyl (C=O) groups excluding carboxylic acids is 1. The second kappa shape index (κ2) is 6.10. The summed E-state index contributed by atoms with van der Waals surface area (Å²) in [7, 11) is 1.40. The zero-order chi connectivity index (χ0) is 18.6. The summed E-state index contributed by atoms with van der Waals surface area (Å²) >= 11 is 0. The van der Waals surface area contributed by atoms with E-state index in [0.717, 1.165) is 29.5 Å². The third-order valence-electron chi connectivity index (χ3n) is 6.76. The van der Waals surface area contributed by atoms with Crippen molar-refractivity contribution in [2.45, 2.75) is 70.5 Å². The molecule has 0 aromatic heterocycles. The van der Waals surface area contributed by atoms with Crippen LogP contribution in [-0.2, 0) is 14.9 Å². The van der Waals surface area contributed by atoms with Crippen LogP contribution in [0.25, 0.3) is 0 Å². The first-order valence-corrected chi connectivity index (χ1v) is 9.25. The number of benzene rings is 1. The fourth-order valence-electron chi connectivity index (χ4n) is 5.43. The Hall–Kier alpha value is -1.39. The molecule has 2 aliphatic carbocycles. The first kappa shape index (κ1) is 18.4. The van der Waals surface area contributed by atoms with E-state index in [-0.39, 0.29) is 17.3 Å². The van der Waals surface area contributed by atoms with Gasteiger partial charge < -0.3 is 14.9 Å². The molecular weight excluding hydrogens is 316 g/mol. The quantitative estimate of drug-likeness (QED) is 0.805. The van der Waals surface area contributed by atoms with Crippen molar-refractivity contribution in [1.29, 1.82) is 0 Å². The highest BCUT2D eigenvalue weighted by Crippen LogP contribution is 2.59. The van der Waals surface area contributed by atoms with Gasteiger partial charge in [0.15, 0.2) is 0 Å². The maximum absolute atomic E-state index is 12.6. The molecule has 3 rings (SSSR count). The van der Waals surface area contributed by atoms with E-state index in [9.17, 15) is 15.0 Å². The van der Waals surface area contributed by atoms with Gasteiger partial charge in [-0.05, 0) is 47.8 Å². The Morgan fingerprint density at radius 1 is 1.24 bits per heavy atom. The minimum atomic E-state index is -0.982. The van der Waals surface area contributed by atoms with Crippen molar-refractivity contribution in [3.8, 4) is 0 Å². The number of methoxy groups -OCH3 is 1. The van der Waals surface area contributed by atoms with E-state index >= 15 is 0 Å². The lowest BCUT2D eigenvalue weighted by Crippen LogP contribution is -2.59. The number of rotatable bonds is 2. The molecule has 0 radical (unpaired) electrons. The van der Waals surface area contributed by atoms with Crippen molar-refractivity contribution < 1.29 is 19.7 Å². The average Bonchev–Trinajstić information content (AvgIpc) is 2.58. The zero-order valence-corrected chi connectivity index (χ0v) is 15.9. The number of esters is 1. The third-order valence-corrected chi connectivity index (χ3v) is 6.76. The molecule has 2 N–H and O–H groups in total. The van der Waals surface area contributed by atoms with Crippen LogP contribution in [0.2, 0.25) is 0 Å². The summed E-state index contributed by atoms with van der Waals surface area (Å²) in [6.45, 7) is 8.24. The van der Waals surface area contributed by atoms with Crippen LogP contribution in [0.15, 0.2) is 18.2 Å². The van der Waals surface area contributed by atoms with Crippen molar-refractivity contribution in [3.63, 3.8) is 0 Å². The van der Waals surface area contributed by atoms with Gasteiger partial charge in [-0.2, -0.15) is 0 Å². The van der Waals surface area contributed by atoms with Crippen molar-refractivity contribution >= 4 is 5.97 Å². The number of hydrogen-bond acceptors (Lipinski definition) is 4. The Labute approximate surface area is 150 Å². The molecule has 0 aliphatic heterocycles. The summed E-state index contributed by atoms with van der Waals surface area (Å²) in [4.78, 5) is 12.6. The Balaban J connectivity index is 2.18. The molecule has 1 fully saturated rings. The molecule has 0 unspecified atom stereocenters. The number of aliphatic hydroxyl groups is 2. The molecule has 2 aliphatic rings. The van der Waals surface area contributed by atoms with Crippen LogP contribution in [0.5, 0.6) is 0 Å². The number of carbonyl (C=O) groups is 1. The Bertz CT molecular complexity index is 682. The molecule has 1 saturated carbocycles. The smallest absolute Gasteiger partial charge is 0.311 e. The molecule has 0 saturated heterocycles. The van der Waals surface area contributed by atoms with Crippen LogP contribution in [0.1, 0.15) is 75.7 Å². The second-order valence-corrected chi connectivity index (χ2v) is 8.59. The number of ether oxygens (including phenoxy) is 1. The van der Waals surface area contributed by atoms with Gasteiger partial charge >= 0.3 is 5.97 Å². The van der Waals surface area contributed by atoms with E-state index in [1.54, 1.807) is 0 Å². The summed E-state index contributed by atoms with van der Waals surface area (Å²) in [6, 6.07) is 6.23. The van der Waals surface area contributed by atoms with E-state index in [2.05, 4.69) is 32.9 Å². The van der Waals surface area contributed by atoms with Gasteiger partial charge in [0.05, 0.1) is 18.6 Å². The first-order valence-electron chi connectivity index (χ1n) is 9.25. The standard InChI is InChI=1S/C21H30O4/c1-12(2)13-7-8-15-14(11-13)16(22)17(23)18-20(15,3)9-6-10-21(18,4)19(24)25-5/h7-8,11-12,16-18,22-23H,6,9-10H2,1-5H3/t16-,17+,18+,20-,21-/m1/s1. The molecule has 0 amide bonds. The van der Waals surface area contributed by atoms with E-state index < -0.39 is 17.6 Å². The van der Waals surface area contributed by atoms with Gasteiger partial charge in [-0.3, -0.25) is 4.79 Å². The summed E-state index contributed by atoms with van der Waals surface area (Å²) < 4.78 is 5.08. The molecule has 5 atom stereocenters. The molecule has 1 aromatic rings. The van der Waals surface area contributed by atoms with Crippen molar-refractivity contribution in [1.82, 2.24) is 0 Å². The predicted molar refractivity (Wildman–Crippen MR) is 96.3 cm³/mol. The minimum absolute atomic E-state index is 0.295. The normalized spacial score (nSPS) is 37.4. The van der Waals surface area contributed by atoms with Crippen LogP contribution in [0, 0.1) is 11.3 Å². The molecule has 1 aromatic carbocycles. The van der Waals surface area contributed by atoms with Gasteiger partial charge in [0.1, 0.15) is 6.10 Å². The molecule has 0 bridgehead atoms. The summed E-state index contributed by atoms with van der Waals surface area (Å²) in [5, 5.41) is 21.9. The zero-order valence-electron chi connectivity index (χ0n) is 15.9. The first-order chi connectivity index (χ1) is 11.7. The van der Waals surface area contributed by atoms with Crippen molar-refractivity contribution in [2.75, 3.05) is 7.11 Å². The van der Waals surface area contributed by atoms with Crippen molar-refractivity contribution in [2.24, 2.45) is 11.3 Å². The van der Waals surface area contributed by atoms with Gasteiger partial charge in [0, 0.05) is 5.92 Å². The maximum atomic E-state index is 12.6. The van der Waals surface area contributed by atoms with Crippen LogP contribution in [0.3, 0.4) is 0 Å². The van der Waals surface area contributed by atoms with Gasteiger partial charge in [-0.15, -0.1) is 0 Å². The number of aliphatic hydroxyl groups excluding tert-OH is 2. The Kier molecular flexibility index (Phi) is 4.49. The summed E-state index contributed by atoms with van der Waals surface area (Å²) in [5.41, 5.74) is 1.88. The lowest BCUT2D eigenvalue weighted by atomic mass is 9.48. The van der Waals surface area contributed by atoms with Gasteiger partial charge in [0.25, 0.3) is 0 Å². The average molecular weight is 346 g/mol. The minimum Gasteiger partial charge on any atom is -0.469 e. The highest BCUT2D eigenvalue weighted by molar-refractivity contribution is 5.77. The SMILES string of the molecule is COC(=O)[C@]1(C)CCC[C@]2(C)c3ccc(C(C)C)cc3[C@@H](O)[C@H](O)[C@H]12. The monoisotopic (exact) mass is 346 g/mol. The fraction of sp³-hybridized carbons (Fsp3) is 0.667. The molecule has 138 valence electrons. The van der Waals surface area contributed by atoms with E-state index in [1.807, 2.05) is 13.0 Å². The van der Waals surface area contributed by atoms with E-state index in [1.165, 1.54) is 7.11 Å². The van der Waals surface area contributed by atoms with Crippen molar-refractivity contribution in [3.05, 3.63) is 34.9 Å². The van der Waals surface area contributed by atoms with Crippen LogP contribution in [-0.4, -0.2) is 29.4 Å². The fourth-order valence-corrected chi connectivity index (χ4v) is 5.43. The van der Waals surface area contributed by atoms with Gasteiger partial charge in [0.2, 0.25) is 0 Å². The molecule has 0 spiro atoms. The molecule has 4 heteroatoms. The van der Waals surface area contributed by atoms with Crippen LogP contribution in [0.4, 0.5) is 0 Å². The van der Waals surface area contributed by atoms with Crippen LogP contribution >= 0.6 is 0 Å². The lowest BCUT2D eigenvalue weighted by Gasteiger charge is -2.56.